The van der Waals surface area contributed by atoms with E-state index < -0.39 is 6.23 Å². The number of nitrogens with one attached hydrogen (secondary N) is 1. The van der Waals surface area contributed by atoms with Crippen LogP contribution in [0.4, 0.5) is 0 Å². The van der Waals surface area contributed by atoms with Gasteiger partial charge < -0.3 is 10.4 Å². The van der Waals surface area contributed by atoms with Crippen LogP contribution in [0, 0.1) is 0 Å². The number of aliphatic hydroxyl groups excluding tert-OH is 1. The Morgan fingerprint density at radius 3 is 2.09 bits per heavy atom. The predicted octanol–water partition coefficient (Wildman–Crippen LogP) is 5.25. The van der Waals surface area contributed by atoms with Crippen LogP contribution in [-0.2, 0) is 4.79 Å². The maximum Gasteiger partial charge on any atom is 0.221 e. The molecule has 0 aromatic heterocycles. The number of unbranched alkanes of at least 4 members (excludes halogenated alkanes) is 8. The molecule has 1 atom stereocenters. The third kappa shape index (κ3) is 18.9. The first-order valence-electron chi connectivity index (χ1n) is 9.44. The third-order valence-electron chi connectivity index (χ3n) is 3.72. The van der Waals surface area contributed by atoms with Crippen molar-refractivity contribution in [3.05, 3.63) is 24.3 Å². The number of carbonyl (C=O) groups is 1. The SMILES string of the molecule is CCCCCC=CCC=CCCCCCCCC(=O)NC(C)O. The van der Waals surface area contributed by atoms with Gasteiger partial charge in [0.1, 0.15) is 6.23 Å². The minimum Gasteiger partial charge on any atom is -0.374 e. The van der Waals surface area contributed by atoms with Crippen LogP contribution in [0.2, 0.25) is 0 Å². The molecule has 0 aliphatic heterocycles. The van der Waals surface area contributed by atoms with Gasteiger partial charge in [-0.3, -0.25) is 4.79 Å². The van der Waals surface area contributed by atoms with Gasteiger partial charge in [0.2, 0.25) is 5.91 Å². The fraction of sp³-hybridized carbons (Fsp3) is 0.750. The number of amides is 1. The van der Waals surface area contributed by atoms with E-state index in [-0.39, 0.29) is 5.91 Å². The Morgan fingerprint density at radius 1 is 0.913 bits per heavy atom. The number of carbonyl (C=O) groups excluding carboxylic acids is 1. The van der Waals surface area contributed by atoms with E-state index in [1.807, 2.05) is 0 Å². The fourth-order valence-corrected chi connectivity index (χ4v) is 2.40. The van der Waals surface area contributed by atoms with Crippen LogP contribution in [0.1, 0.15) is 90.9 Å². The van der Waals surface area contributed by atoms with E-state index >= 15 is 0 Å². The normalized spacial score (nSPS) is 13.0. The average molecular weight is 324 g/mol. The second-order valence-corrected chi connectivity index (χ2v) is 6.22. The van der Waals surface area contributed by atoms with Gasteiger partial charge in [-0.15, -0.1) is 0 Å². The second-order valence-electron chi connectivity index (χ2n) is 6.22. The first kappa shape index (κ1) is 21.9. The summed E-state index contributed by atoms with van der Waals surface area (Å²) >= 11 is 0. The second kappa shape index (κ2) is 17.3. The molecule has 0 heterocycles. The molecule has 23 heavy (non-hydrogen) atoms. The van der Waals surface area contributed by atoms with Crippen molar-refractivity contribution < 1.29 is 9.90 Å². The number of hydrogen-bond donors (Lipinski definition) is 2. The monoisotopic (exact) mass is 323 g/mol. The molecule has 1 amide bonds. The van der Waals surface area contributed by atoms with Crippen LogP contribution >= 0.6 is 0 Å². The molecule has 0 aromatic carbocycles. The van der Waals surface area contributed by atoms with Crippen molar-refractivity contribution in [2.24, 2.45) is 0 Å². The first-order chi connectivity index (χ1) is 11.2. The van der Waals surface area contributed by atoms with Gasteiger partial charge in [-0.1, -0.05) is 63.3 Å². The quantitative estimate of drug-likeness (QED) is 0.245. The molecule has 0 radical (unpaired) electrons. The Bertz CT molecular complexity index is 322. The van der Waals surface area contributed by atoms with Gasteiger partial charge >= 0.3 is 0 Å². The molecular formula is C20H37NO2. The molecule has 0 aliphatic carbocycles. The molecular weight excluding hydrogens is 286 g/mol. The lowest BCUT2D eigenvalue weighted by Gasteiger charge is -2.06. The van der Waals surface area contributed by atoms with Gasteiger partial charge in [-0.05, 0) is 45.4 Å². The molecule has 3 heteroatoms. The molecule has 1 unspecified atom stereocenters. The molecule has 2 N–H and O–H groups in total. The molecule has 0 bridgehead atoms. The average Bonchev–Trinajstić information content (AvgIpc) is 2.50. The van der Waals surface area contributed by atoms with E-state index in [1.54, 1.807) is 6.92 Å². The van der Waals surface area contributed by atoms with Crippen LogP contribution in [0.15, 0.2) is 24.3 Å². The summed E-state index contributed by atoms with van der Waals surface area (Å²) in [6.45, 7) is 3.80. The summed E-state index contributed by atoms with van der Waals surface area (Å²) in [7, 11) is 0. The first-order valence-corrected chi connectivity index (χ1v) is 9.44. The van der Waals surface area contributed by atoms with Crippen LogP contribution in [-0.4, -0.2) is 17.2 Å². The molecule has 0 rings (SSSR count). The Morgan fingerprint density at radius 2 is 1.48 bits per heavy atom. The molecule has 0 spiro atoms. The molecule has 3 nitrogen and oxygen atoms in total. The zero-order valence-corrected chi connectivity index (χ0v) is 15.2. The summed E-state index contributed by atoms with van der Waals surface area (Å²) < 4.78 is 0. The van der Waals surface area contributed by atoms with Gasteiger partial charge in [0.05, 0.1) is 0 Å². The van der Waals surface area contributed by atoms with E-state index in [9.17, 15) is 4.79 Å². The van der Waals surface area contributed by atoms with Crippen molar-refractivity contribution in [1.29, 1.82) is 0 Å². The zero-order chi connectivity index (χ0) is 17.2. The summed E-state index contributed by atoms with van der Waals surface area (Å²) in [5.74, 6) is -0.0503. The standard InChI is InChI=1S/C20H37NO2/c1-3-4-5-6-7-8-9-10-11-12-13-14-15-16-17-18-20(23)21-19(2)22/h7-8,10-11,19,22H,3-6,9,12-18H2,1-2H3,(H,21,23). The smallest absolute Gasteiger partial charge is 0.221 e. The highest BCUT2D eigenvalue weighted by atomic mass is 16.3. The maximum atomic E-state index is 11.3. The maximum absolute atomic E-state index is 11.3. The van der Waals surface area contributed by atoms with Crippen molar-refractivity contribution in [3.63, 3.8) is 0 Å². The van der Waals surface area contributed by atoms with Crippen LogP contribution in [0.5, 0.6) is 0 Å². The molecule has 134 valence electrons. The van der Waals surface area contributed by atoms with Crippen LogP contribution in [0.25, 0.3) is 0 Å². The lowest BCUT2D eigenvalue weighted by atomic mass is 10.1. The molecule has 0 saturated heterocycles. The van der Waals surface area contributed by atoms with E-state index in [2.05, 4.69) is 36.5 Å². The fourth-order valence-electron chi connectivity index (χ4n) is 2.40. The van der Waals surface area contributed by atoms with Crippen molar-refractivity contribution in [2.45, 2.75) is 97.1 Å². The minimum absolute atomic E-state index is 0.0503. The van der Waals surface area contributed by atoms with Crippen molar-refractivity contribution in [1.82, 2.24) is 5.32 Å². The minimum atomic E-state index is -0.736. The van der Waals surface area contributed by atoms with Gasteiger partial charge in [-0.25, -0.2) is 0 Å². The van der Waals surface area contributed by atoms with Crippen LogP contribution in [0.3, 0.4) is 0 Å². The van der Waals surface area contributed by atoms with Gasteiger partial charge in [0.25, 0.3) is 0 Å². The lowest BCUT2D eigenvalue weighted by Crippen LogP contribution is -2.31. The van der Waals surface area contributed by atoms with E-state index in [4.69, 9.17) is 5.11 Å². The number of rotatable bonds is 15. The molecule has 0 fully saturated rings. The van der Waals surface area contributed by atoms with Crippen molar-refractivity contribution in [2.75, 3.05) is 0 Å². The van der Waals surface area contributed by atoms with Gasteiger partial charge in [-0.2, -0.15) is 0 Å². The van der Waals surface area contributed by atoms with E-state index in [1.165, 1.54) is 44.9 Å². The largest absolute Gasteiger partial charge is 0.374 e. The lowest BCUT2D eigenvalue weighted by molar-refractivity contribution is -0.123. The number of hydrogen-bond acceptors (Lipinski definition) is 2. The topological polar surface area (TPSA) is 49.3 Å². The summed E-state index contributed by atoms with van der Waals surface area (Å²) in [5.41, 5.74) is 0. The third-order valence-corrected chi connectivity index (χ3v) is 3.72. The van der Waals surface area contributed by atoms with Gasteiger partial charge in [0.15, 0.2) is 0 Å². The summed E-state index contributed by atoms with van der Waals surface area (Å²) in [5, 5.41) is 11.5. The van der Waals surface area contributed by atoms with E-state index in [0.29, 0.717) is 6.42 Å². The highest BCUT2D eigenvalue weighted by Gasteiger charge is 2.02. The Balaban J connectivity index is 3.26. The molecule has 0 saturated carbocycles. The molecule has 0 aliphatic rings. The zero-order valence-electron chi connectivity index (χ0n) is 15.2. The summed E-state index contributed by atoms with van der Waals surface area (Å²) in [6.07, 6.45) is 21.9. The highest BCUT2D eigenvalue weighted by Crippen LogP contribution is 2.08. The van der Waals surface area contributed by atoms with Crippen molar-refractivity contribution in [3.8, 4) is 0 Å². The Labute approximate surface area is 143 Å². The Hall–Kier alpha value is -1.09. The van der Waals surface area contributed by atoms with Gasteiger partial charge in [0, 0.05) is 6.42 Å². The Kier molecular flexibility index (Phi) is 16.4. The number of allylic oxidation sites excluding steroid dienone is 4. The highest BCUT2D eigenvalue weighted by molar-refractivity contribution is 5.75. The predicted molar refractivity (Wildman–Crippen MR) is 99.2 cm³/mol. The summed E-state index contributed by atoms with van der Waals surface area (Å²) in [6, 6.07) is 0. The summed E-state index contributed by atoms with van der Waals surface area (Å²) in [4.78, 5) is 11.3. The number of aliphatic hydroxyl groups is 1. The molecule has 0 aromatic rings. The van der Waals surface area contributed by atoms with E-state index in [0.717, 1.165) is 25.7 Å². The van der Waals surface area contributed by atoms with Crippen molar-refractivity contribution >= 4 is 5.91 Å². The van der Waals surface area contributed by atoms with Crippen LogP contribution < -0.4 is 5.32 Å².